The van der Waals surface area contributed by atoms with E-state index in [4.69, 9.17) is 0 Å². The molecule has 0 aliphatic carbocycles. The van der Waals surface area contributed by atoms with Gasteiger partial charge in [0, 0.05) is 18.4 Å². The zero-order valence-electron chi connectivity index (χ0n) is 10.5. The van der Waals surface area contributed by atoms with Crippen LogP contribution in [0.1, 0.15) is 30.4 Å². The van der Waals surface area contributed by atoms with Crippen LogP contribution in [0.3, 0.4) is 0 Å². The van der Waals surface area contributed by atoms with Crippen molar-refractivity contribution in [3.63, 3.8) is 0 Å². The number of unbranched alkanes of at least 4 members (excludes halogenated alkanes) is 2. The lowest BCUT2D eigenvalue weighted by molar-refractivity contribution is 0.281. The molecule has 0 radical (unpaired) electrons. The van der Waals surface area contributed by atoms with Crippen molar-refractivity contribution in [1.82, 2.24) is 4.90 Å². The molecule has 1 nitrogen and oxygen atoms in total. The van der Waals surface area contributed by atoms with Gasteiger partial charge in [0.15, 0.2) is 0 Å². The molecule has 2 rings (SSSR count). The third kappa shape index (κ3) is 4.11. The predicted octanol–water partition coefficient (Wildman–Crippen LogP) is 3.65. The Morgan fingerprint density at radius 1 is 0.941 bits per heavy atom. The summed E-state index contributed by atoms with van der Waals surface area (Å²) in [5.74, 6) is 0. The van der Waals surface area contributed by atoms with Gasteiger partial charge in [0.2, 0.25) is 0 Å². The molecule has 2 heteroatoms. The summed E-state index contributed by atoms with van der Waals surface area (Å²) in [6, 6.07) is 8.93. The third-order valence-corrected chi connectivity index (χ3v) is 4.18. The van der Waals surface area contributed by atoms with E-state index in [1.165, 1.54) is 51.7 Å². The molecule has 17 heavy (non-hydrogen) atoms. The van der Waals surface area contributed by atoms with E-state index in [1.807, 2.05) is 0 Å². The van der Waals surface area contributed by atoms with Gasteiger partial charge in [-0.25, -0.2) is 0 Å². The molecule has 0 saturated heterocycles. The van der Waals surface area contributed by atoms with Crippen molar-refractivity contribution in [3.05, 3.63) is 35.4 Å². The third-order valence-electron chi connectivity index (χ3n) is 3.62. The maximum Gasteiger partial charge on any atom is 0.00313 e. The van der Waals surface area contributed by atoms with E-state index in [0.29, 0.717) is 0 Å². The number of fused-ring (bicyclic) bond motifs is 1. The number of hydrogen-bond donors (Lipinski definition) is 0. The van der Waals surface area contributed by atoms with Crippen LogP contribution in [0.25, 0.3) is 0 Å². The van der Waals surface area contributed by atoms with Crippen LogP contribution < -0.4 is 0 Å². The van der Waals surface area contributed by atoms with Crippen molar-refractivity contribution in [2.45, 2.75) is 32.1 Å². The number of halogens is 1. The molecule has 94 valence electrons. The number of hydrogen-bond acceptors (Lipinski definition) is 1. The van der Waals surface area contributed by atoms with Gasteiger partial charge in [-0.2, -0.15) is 0 Å². The average molecular weight is 296 g/mol. The lowest BCUT2D eigenvalue weighted by Gasteiger charge is -2.19. The van der Waals surface area contributed by atoms with Gasteiger partial charge >= 0.3 is 0 Å². The Kier molecular flexibility index (Phi) is 5.53. The van der Waals surface area contributed by atoms with Crippen molar-refractivity contribution in [2.75, 3.05) is 25.0 Å². The number of alkyl halides is 1. The van der Waals surface area contributed by atoms with Crippen LogP contribution in [0, 0.1) is 0 Å². The molecule has 0 aromatic heterocycles. The Bertz CT molecular complexity index is 310. The van der Waals surface area contributed by atoms with Crippen LogP contribution in [0.2, 0.25) is 0 Å². The van der Waals surface area contributed by atoms with Crippen LogP contribution in [0.4, 0.5) is 0 Å². The van der Waals surface area contributed by atoms with Gasteiger partial charge in [0.1, 0.15) is 0 Å². The van der Waals surface area contributed by atoms with E-state index >= 15 is 0 Å². The molecule has 0 unspecified atom stereocenters. The standard InChI is InChI=1S/C15H22BrN/c16-10-4-1-5-11-17-12-8-14-6-2-3-7-15(14)9-13-17/h2-3,6-7H,1,4-5,8-13H2. The molecule has 0 spiro atoms. The fraction of sp³-hybridized carbons (Fsp3) is 0.600. The van der Waals surface area contributed by atoms with Crippen molar-refractivity contribution < 1.29 is 0 Å². The van der Waals surface area contributed by atoms with Gasteiger partial charge in [-0.15, -0.1) is 0 Å². The summed E-state index contributed by atoms with van der Waals surface area (Å²) in [6.07, 6.45) is 6.48. The Morgan fingerprint density at radius 2 is 1.59 bits per heavy atom. The minimum Gasteiger partial charge on any atom is -0.303 e. The Morgan fingerprint density at radius 3 is 2.18 bits per heavy atom. The van der Waals surface area contributed by atoms with E-state index < -0.39 is 0 Å². The maximum atomic E-state index is 3.49. The molecule has 0 bridgehead atoms. The molecule has 1 aromatic rings. The van der Waals surface area contributed by atoms with E-state index in [-0.39, 0.29) is 0 Å². The highest BCUT2D eigenvalue weighted by Gasteiger charge is 2.12. The van der Waals surface area contributed by atoms with Crippen LogP contribution in [0.5, 0.6) is 0 Å². The van der Waals surface area contributed by atoms with Gasteiger partial charge in [-0.1, -0.05) is 46.6 Å². The highest BCUT2D eigenvalue weighted by molar-refractivity contribution is 9.09. The largest absolute Gasteiger partial charge is 0.303 e. The SMILES string of the molecule is BrCCCCCN1CCc2ccccc2CC1. The van der Waals surface area contributed by atoms with E-state index in [1.54, 1.807) is 11.1 Å². The second kappa shape index (κ2) is 7.17. The summed E-state index contributed by atoms with van der Waals surface area (Å²) in [4.78, 5) is 2.63. The highest BCUT2D eigenvalue weighted by atomic mass is 79.9. The Labute approximate surface area is 113 Å². The van der Waals surface area contributed by atoms with E-state index in [2.05, 4.69) is 45.1 Å². The van der Waals surface area contributed by atoms with Crippen LogP contribution >= 0.6 is 15.9 Å². The van der Waals surface area contributed by atoms with Crippen molar-refractivity contribution >= 4 is 15.9 Å². The fourth-order valence-electron chi connectivity index (χ4n) is 2.54. The van der Waals surface area contributed by atoms with E-state index in [9.17, 15) is 0 Å². The topological polar surface area (TPSA) is 3.24 Å². The summed E-state index contributed by atoms with van der Waals surface area (Å²) in [7, 11) is 0. The van der Waals surface area contributed by atoms with Gasteiger partial charge in [-0.3, -0.25) is 0 Å². The predicted molar refractivity (Wildman–Crippen MR) is 77.9 cm³/mol. The van der Waals surface area contributed by atoms with Gasteiger partial charge < -0.3 is 4.90 Å². The molecule has 0 fully saturated rings. The molecule has 1 aliphatic rings. The second-order valence-electron chi connectivity index (χ2n) is 4.86. The molecule has 1 aromatic carbocycles. The molecule has 0 atom stereocenters. The monoisotopic (exact) mass is 295 g/mol. The zero-order chi connectivity index (χ0) is 11.9. The Hall–Kier alpha value is -0.340. The average Bonchev–Trinajstić information content (AvgIpc) is 2.58. The molecule has 0 N–H and O–H groups in total. The first-order valence-corrected chi connectivity index (χ1v) is 7.87. The van der Waals surface area contributed by atoms with Crippen LogP contribution in [0.15, 0.2) is 24.3 Å². The molecular formula is C15H22BrN. The van der Waals surface area contributed by atoms with Crippen molar-refractivity contribution in [3.8, 4) is 0 Å². The summed E-state index contributed by atoms with van der Waals surface area (Å²) in [6.45, 7) is 3.76. The summed E-state index contributed by atoms with van der Waals surface area (Å²) in [5, 5.41) is 1.15. The van der Waals surface area contributed by atoms with Crippen LogP contribution in [-0.2, 0) is 12.8 Å². The lowest BCUT2D eigenvalue weighted by Crippen LogP contribution is -2.27. The minimum atomic E-state index is 1.15. The van der Waals surface area contributed by atoms with Gasteiger partial charge in [-0.05, 0) is 43.4 Å². The zero-order valence-corrected chi connectivity index (χ0v) is 12.1. The smallest absolute Gasteiger partial charge is 0.00313 e. The first-order chi connectivity index (χ1) is 8.40. The fourth-order valence-corrected chi connectivity index (χ4v) is 2.94. The van der Waals surface area contributed by atoms with Crippen molar-refractivity contribution in [2.24, 2.45) is 0 Å². The molecule has 1 heterocycles. The molecule has 0 saturated carbocycles. The van der Waals surface area contributed by atoms with Gasteiger partial charge in [0.05, 0.1) is 0 Å². The molecular weight excluding hydrogens is 274 g/mol. The summed E-state index contributed by atoms with van der Waals surface area (Å²) in [5.41, 5.74) is 3.13. The second-order valence-corrected chi connectivity index (χ2v) is 5.65. The normalized spacial score (nSPS) is 16.5. The van der Waals surface area contributed by atoms with Crippen LogP contribution in [-0.4, -0.2) is 29.9 Å². The minimum absolute atomic E-state index is 1.15. The number of benzene rings is 1. The van der Waals surface area contributed by atoms with E-state index in [0.717, 1.165) is 5.33 Å². The first-order valence-electron chi connectivity index (χ1n) is 6.75. The molecule has 0 amide bonds. The van der Waals surface area contributed by atoms with Gasteiger partial charge in [0.25, 0.3) is 0 Å². The lowest BCUT2D eigenvalue weighted by atomic mass is 10.0. The quantitative estimate of drug-likeness (QED) is 0.592. The maximum absolute atomic E-state index is 3.49. The first kappa shape index (κ1) is 13.1. The highest BCUT2D eigenvalue weighted by Crippen LogP contribution is 2.15. The molecule has 1 aliphatic heterocycles. The van der Waals surface area contributed by atoms with Crippen molar-refractivity contribution in [1.29, 1.82) is 0 Å². The number of rotatable bonds is 5. The summed E-state index contributed by atoms with van der Waals surface area (Å²) >= 11 is 3.49. The summed E-state index contributed by atoms with van der Waals surface area (Å²) < 4.78 is 0. The number of nitrogens with zero attached hydrogens (tertiary/aromatic N) is 1. The Balaban J connectivity index is 1.78.